The molecule has 0 bridgehead atoms. The molecule has 0 amide bonds. The molecule has 0 aliphatic carbocycles. The van der Waals surface area contributed by atoms with Crippen molar-refractivity contribution < 1.29 is 19.3 Å². The fraction of sp³-hybridized carbons (Fsp3) is 0.120. The highest BCUT2D eigenvalue weighted by Gasteiger charge is 2.19. The Morgan fingerprint density at radius 2 is 1.50 bits per heavy atom. The van der Waals surface area contributed by atoms with E-state index in [1.165, 1.54) is 11.7 Å². The molecule has 1 aromatic heterocycles. The van der Waals surface area contributed by atoms with Crippen LogP contribution in [-0.4, -0.2) is 37.2 Å². The van der Waals surface area contributed by atoms with E-state index >= 15 is 0 Å². The van der Waals surface area contributed by atoms with Crippen LogP contribution in [0.5, 0.6) is 23.1 Å². The summed E-state index contributed by atoms with van der Waals surface area (Å²) in [6, 6.07) is 19.3. The van der Waals surface area contributed by atoms with Gasteiger partial charge in [-0.3, -0.25) is 9.79 Å². The Labute approximate surface area is 184 Å². The molecule has 32 heavy (non-hydrogen) atoms. The standard InChI is InChI=1S/C25H22N2O5/c1-30-17-10-8-16(9-11-17)26-15-21-19-6-4-5-7-20(19)24(28)27(25(21)29)22-13-12-18(31-2)14-23(22)32-3/h4-15,29H,1-3H3. The summed E-state index contributed by atoms with van der Waals surface area (Å²) in [5.74, 6) is 1.43. The Bertz CT molecular complexity index is 1360. The highest BCUT2D eigenvalue weighted by atomic mass is 16.5. The van der Waals surface area contributed by atoms with Gasteiger partial charge in [-0.2, -0.15) is 0 Å². The van der Waals surface area contributed by atoms with Crippen molar-refractivity contribution in [3.05, 3.63) is 82.6 Å². The number of hydrogen-bond donors (Lipinski definition) is 1. The molecular formula is C25H22N2O5. The van der Waals surface area contributed by atoms with Crippen molar-refractivity contribution in [3.8, 4) is 28.8 Å². The number of hydrogen-bond acceptors (Lipinski definition) is 6. The molecular weight excluding hydrogens is 408 g/mol. The van der Waals surface area contributed by atoms with E-state index < -0.39 is 0 Å². The maximum atomic E-state index is 13.3. The van der Waals surface area contributed by atoms with Crippen LogP contribution >= 0.6 is 0 Å². The van der Waals surface area contributed by atoms with E-state index in [1.54, 1.807) is 81.1 Å². The molecule has 0 saturated heterocycles. The van der Waals surface area contributed by atoms with Gasteiger partial charge in [0, 0.05) is 23.1 Å². The molecule has 0 unspecified atom stereocenters. The molecule has 0 atom stereocenters. The normalized spacial score (nSPS) is 11.1. The Kier molecular flexibility index (Phi) is 5.81. The van der Waals surface area contributed by atoms with Gasteiger partial charge in [-0.15, -0.1) is 0 Å². The van der Waals surface area contributed by atoms with Crippen molar-refractivity contribution in [2.24, 2.45) is 4.99 Å². The molecule has 0 saturated carbocycles. The first-order chi connectivity index (χ1) is 15.6. The van der Waals surface area contributed by atoms with Crippen LogP contribution in [0.1, 0.15) is 5.56 Å². The first-order valence-corrected chi connectivity index (χ1v) is 9.84. The van der Waals surface area contributed by atoms with Crippen LogP contribution < -0.4 is 19.8 Å². The Balaban J connectivity index is 1.94. The van der Waals surface area contributed by atoms with Gasteiger partial charge in [0.25, 0.3) is 5.56 Å². The third-order valence-electron chi connectivity index (χ3n) is 5.15. The molecule has 1 N–H and O–H groups in total. The molecule has 0 fully saturated rings. The predicted molar refractivity (Wildman–Crippen MR) is 125 cm³/mol. The smallest absolute Gasteiger partial charge is 0.265 e. The highest BCUT2D eigenvalue weighted by molar-refractivity contribution is 6.02. The van der Waals surface area contributed by atoms with Gasteiger partial charge in [-0.1, -0.05) is 18.2 Å². The first-order valence-electron chi connectivity index (χ1n) is 9.84. The summed E-state index contributed by atoms with van der Waals surface area (Å²) in [5, 5.41) is 12.2. The van der Waals surface area contributed by atoms with E-state index in [4.69, 9.17) is 14.2 Å². The summed E-state index contributed by atoms with van der Waals surface area (Å²) in [7, 11) is 4.63. The number of aromatic nitrogens is 1. The minimum Gasteiger partial charge on any atom is -0.497 e. The van der Waals surface area contributed by atoms with E-state index in [2.05, 4.69) is 4.99 Å². The molecule has 0 aliphatic rings. The van der Waals surface area contributed by atoms with Gasteiger partial charge in [0.2, 0.25) is 5.88 Å². The van der Waals surface area contributed by atoms with Crippen molar-refractivity contribution in [1.29, 1.82) is 0 Å². The second-order valence-corrected chi connectivity index (χ2v) is 6.92. The summed E-state index contributed by atoms with van der Waals surface area (Å²) in [5.41, 5.74) is 1.10. The van der Waals surface area contributed by atoms with E-state index in [0.29, 0.717) is 39.2 Å². The topological polar surface area (TPSA) is 82.3 Å². The third kappa shape index (κ3) is 3.76. The number of fused-ring (bicyclic) bond motifs is 1. The zero-order chi connectivity index (χ0) is 22.7. The van der Waals surface area contributed by atoms with E-state index in [0.717, 1.165) is 5.75 Å². The van der Waals surface area contributed by atoms with Crippen molar-refractivity contribution in [2.75, 3.05) is 21.3 Å². The molecule has 4 aromatic rings. The van der Waals surface area contributed by atoms with Crippen LogP contribution in [-0.2, 0) is 0 Å². The quantitative estimate of drug-likeness (QED) is 0.456. The van der Waals surface area contributed by atoms with Gasteiger partial charge in [0.1, 0.15) is 17.2 Å². The Morgan fingerprint density at radius 3 is 2.16 bits per heavy atom. The largest absolute Gasteiger partial charge is 0.497 e. The lowest BCUT2D eigenvalue weighted by Crippen LogP contribution is -2.20. The average molecular weight is 430 g/mol. The van der Waals surface area contributed by atoms with Gasteiger partial charge in [-0.25, -0.2) is 4.57 Å². The van der Waals surface area contributed by atoms with Crippen LogP contribution in [0.25, 0.3) is 16.5 Å². The van der Waals surface area contributed by atoms with Crippen molar-refractivity contribution in [1.82, 2.24) is 4.57 Å². The minimum atomic E-state index is -0.372. The maximum absolute atomic E-state index is 13.3. The summed E-state index contributed by atoms with van der Waals surface area (Å²) >= 11 is 0. The van der Waals surface area contributed by atoms with E-state index in [9.17, 15) is 9.90 Å². The maximum Gasteiger partial charge on any atom is 0.265 e. The summed E-state index contributed by atoms with van der Waals surface area (Å²) in [6.45, 7) is 0. The van der Waals surface area contributed by atoms with Crippen LogP contribution in [0.15, 0.2) is 76.5 Å². The van der Waals surface area contributed by atoms with Crippen LogP contribution in [0.4, 0.5) is 5.69 Å². The minimum absolute atomic E-state index is 0.241. The second-order valence-electron chi connectivity index (χ2n) is 6.92. The molecule has 4 rings (SSSR count). The van der Waals surface area contributed by atoms with Crippen molar-refractivity contribution in [2.45, 2.75) is 0 Å². The molecule has 7 nitrogen and oxygen atoms in total. The number of benzene rings is 3. The molecule has 3 aromatic carbocycles. The molecule has 1 heterocycles. The lowest BCUT2D eigenvalue weighted by atomic mass is 10.1. The van der Waals surface area contributed by atoms with E-state index in [-0.39, 0.29) is 11.4 Å². The van der Waals surface area contributed by atoms with Crippen LogP contribution in [0.3, 0.4) is 0 Å². The predicted octanol–water partition coefficient (Wildman–Crippen LogP) is 4.47. The number of aromatic hydroxyl groups is 1. The number of pyridine rings is 1. The molecule has 162 valence electrons. The monoisotopic (exact) mass is 430 g/mol. The number of nitrogens with zero attached hydrogens (tertiary/aromatic N) is 2. The molecule has 7 heteroatoms. The van der Waals surface area contributed by atoms with Gasteiger partial charge in [-0.05, 0) is 42.5 Å². The lowest BCUT2D eigenvalue weighted by molar-refractivity contribution is 0.389. The number of aliphatic imine (C=N–C) groups is 1. The average Bonchev–Trinajstić information content (AvgIpc) is 2.84. The molecule has 0 radical (unpaired) electrons. The zero-order valence-corrected chi connectivity index (χ0v) is 17.9. The Morgan fingerprint density at radius 1 is 0.844 bits per heavy atom. The van der Waals surface area contributed by atoms with Crippen molar-refractivity contribution in [3.63, 3.8) is 0 Å². The number of methoxy groups -OCH3 is 3. The number of ether oxygens (including phenoxy) is 3. The second kappa shape index (κ2) is 8.85. The fourth-order valence-electron chi connectivity index (χ4n) is 3.49. The van der Waals surface area contributed by atoms with Crippen LogP contribution in [0, 0.1) is 0 Å². The third-order valence-corrected chi connectivity index (χ3v) is 5.15. The summed E-state index contributed by atoms with van der Waals surface area (Å²) in [4.78, 5) is 17.8. The lowest BCUT2D eigenvalue weighted by Gasteiger charge is -2.16. The van der Waals surface area contributed by atoms with Gasteiger partial charge >= 0.3 is 0 Å². The van der Waals surface area contributed by atoms with Gasteiger partial charge in [0.05, 0.1) is 38.3 Å². The Hall–Kier alpha value is -4.26. The first kappa shape index (κ1) is 21.0. The van der Waals surface area contributed by atoms with Gasteiger partial charge in [0.15, 0.2) is 0 Å². The highest BCUT2D eigenvalue weighted by Crippen LogP contribution is 2.32. The van der Waals surface area contributed by atoms with Crippen LogP contribution in [0.2, 0.25) is 0 Å². The van der Waals surface area contributed by atoms with Crippen molar-refractivity contribution >= 4 is 22.7 Å². The number of rotatable bonds is 6. The van der Waals surface area contributed by atoms with Gasteiger partial charge < -0.3 is 19.3 Å². The molecule has 0 aliphatic heterocycles. The van der Waals surface area contributed by atoms with E-state index in [1.807, 2.05) is 6.07 Å². The fourth-order valence-corrected chi connectivity index (χ4v) is 3.49. The zero-order valence-electron chi connectivity index (χ0n) is 17.9. The summed E-state index contributed by atoms with van der Waals surface area (Å²) < 4.78 is 17.1. The molecule has 0 spiro atoms. The summed E-state index contributed by atoms with van der Waals surface area (Å²) in [6.07, 6.45) is 1.55. The SMILES string of the molecule is COc1ccc(N=Cc2c(O)n(-c3ccc(OC)cc3OC)c(=O)c3ccccc23)cc1.